The van der Waals surface area contributed by atoms with Crippen molar-refractivity contribution in [3.8, 4) is 0 Å². The van der Waals surface area contributed by atoms with Crippen molar-refractivity contribution in [1.82, 2.24) is 19.6 Å². The molecule has 2 amide bonds. The Hall–Kier alpha value is -2.82. The van der Waals surface area contributed by atoms with Crippen LogP contribution in [0.4, 0.5) is 5.13 Å². The van der Waals surface area contributed by atoms with Crippen LogP contribution in [0.25, 0.3) is 0 Å². The maximum Gasteiger partial charge on any atom is 0.278 e. The van der Waals surface area contributed by atoms with Gasteiger partial charge in [-0.3, -0.25) is 14.5 Å². The van der Waals surface area contributed by atoms with E-state index in [0.29, 0.717) is 22.9 Å². The normalized spacial score (nSPS) is 31.0. The minimum absolute atomic E-state index is 0.0317. The number of piperidine rings is 3. The monoisotopic (exact) mass is 566 g/mol. The lowest BCUT2D eigenvalue weighted by Crippen LogP contribution is -2.72. The highest BCUT2D eigenvalue weighted by Crippen LogP contribution is 2.46. The number of aliphatic carboxylic acids is 1. The maximum absolute atomic E-state index is 13.1. The van der Waals surface area contributed by atoms with Gasteiger partial charge in [-0.1, -0.05) is 17.4 Å². The van der Waals surface area contributed by atoms with Crippen LogP contribution in [0.3, 0.4) is 0 Å². The molecule has 2 bridgehead atoms. The number of carbonyl (C=O) groups is 3. The summed E-state index contributed by atoms with van der Waals surface area (Å²) in [5.74, 6) is -2.28. The fraction of sp³-hybridized carbons (Fsp3) is 0.571. The Morgan fingerprint density at radius 2 is 2.03 bits per heavy atom. The van der Waals surface area contributed by atoms with E-state index in [9.17, 15) is 19.5 Å². The van der Waals surface area contributed by atoms with Gasteiger partial charge in [0.2, 0.25) is 11.5 Å². The Morgan fingerprint density at radius 3 is 2.57 bits per heavy atom. The van der Waals surface area contributed by atoms with Crippen molar-refractivity contribution in [3.63, 3.8) is 0 Å². The molecular formula is C21H26N8O5S3. The lowest BCUT2D eigenvalue weighted by atomic mass is 9.70. The zero-order valence-corrected chi connectivity index (χ0v) is 22.4. The van der Waals surface area contributed by atoms with Crippen LogP contribution in [-0.4, -0.2) is 97.7 Å². The van der Waals surface area contributed by atoms with Crippen LogP contribution in [-0.2, 0) is 19.2 Å². The molecule has 5 aliphatic heterocycles. The quantitative estimate of drug-likeness (QED) is 0.105. The van der Waals surface area contributed by atoms with Crippen molar-refractivity contribution < 1.29 is 28.8 Å². The van der Waals surface area contributed by atoms with Crippen LogP contribution in [0.15, 0.2) is 16.4 Å². The molecule has 6 rings (SSSR count). The molecule has 198 valence electrons. The zero-order valence-electron chi connectivity index (χ0n) is 20.0. The van der Waals surface area contributed by atoms with Gasteiger partial charge in [0.15, 0.2) is 5.13 Å². The van der Waals surface area contributed by atoms with Crippen molar-refractivity contribution in [1.29, 1.82) is 0 Å². The Morgan fingerprint density at radius 1 is 1.35 bits per heavy atom. The smallest absolute Gasteiger partial charge is 0.278 e. The lowest BCUT2D eigenvalue weighted by molar-refractivity contribution is -0.940. The molecule has 0 aromatic carbocycles. The molecule has 1 aromatic heterocycles. The number of hydrogen-bond acceptors (Lipinski definition) is 12. The third-order valence-corrected chi connectivity index (χ3v) is 10.1. The van der Waals surface area contributed by atoms with Crippen LogP contribution in [0.2, 0.25) is 0 Å². The van der Waals surface area contributed by atoms with Gasteiger partial charge in [-0.05, 0) is 0 Å². The molecule has 1 aromatic rings. The van der Waals surface area contributed by atoms with E-state index in [1.165, 1.54) is 23.8 Å². The van der Waals surface area contributed by atoms with E-state index in [2.05, 4.69) is 19.8 Å². The summed E-state index contributed by atoms with van der Waals surface area (Å²) in [6, 6.07) is -0.949. The molecule has 5 N–H and O–H groups in total. The number of carboxylic acid groups (broad SMARTS) is 1. The van der Waals surface area contributed by atoms with Crippen LogP contribution in [0.1, 0.15) is 25.1 Å². The van der Waals surface area contributed by atoms with Crippen LogP contribution < -0.4 is 21.9 Å². The number of carboxylic acids is 1. The second-order valence-electron chi connectivity index (χ2n) is 9.74. The fourth-order valence-electron chi connectivity index (χ4n) is 5.68. The average Bonchev–Trinajstić information content (AvgIpc) is 3.31. The van der Waals surface area contributed by atoms with E-state index in [0.717, 1.165) is 54.9 Å². The average molecular weight is 567 g/mol. The van der Waals surface area contributed by atoms with E-state index in [-0.39, 0.29) is 27.8 Å². The third-order valence-electron chi connectivity index (χ3n) is 7.82. The number of thiocarbonyl (C=S) groups is 1. The summed E-state index contributed by atoms with van der Waals surface area (Å²) in [5, 5.41) is 18.1. The summed E-state index contributed by atoms with van der Waals surface area (Å²) in [6.45, 7) is 3.11. The summed E-state index contributed by atoms with van der Waals surface area (Å²) < 4.78 is 4.72. The number of nitrogens with two attached hydrogens (primary N) is 2. The summed E-state index contributed by atoms with van der Waals surface area (Å²) in [7, 11) is 1.26. The molecule has 0 saturated carbocycles. The molecule has 6 heterocycles. The first-order chi connectivity index (χ1) is 17.6. The Balaban J connectivity index is 1.32. The largest absolute Gasteiger partial charge is 0.543 e. The number of nitrogens with zero attached hydrogens (tertiary/aromatic N) is 5. The van der Waals surface area contributed by atoms with Gasteiger partial charge in [-0.2, -0.15) is 9.36 Å². The molecule has 16 heteroatoms. The molecule has 37 heavy (non-hydrogen) atoms. The SMILES string of the molecule is CO/N=C(\C(=O)N[C@@H]1C(=O)N2C(C(=O)[O-])=C(C[N+]34CCC(C(N)=S)(CC3)CC4)CS[C@H]12)c1nsc(N)n1. The van der Waals surface area contributed by atoms with Gasteiger partial charge < -0.3 is 36.0 Å². The number of thioether (sulfide) groups is 1. The van der Waals surface area contributed by atoms with Crippen LogP contribution >= 0.6 is 35.5 Å². The van der Waals surface area contributed by atoms with Gasteiger partial charge in [-0.15, -0.1) is 11.8 Å². The maximum atomic E-state index is 13.1. The van der Waals surface area contributed by atoms with Gasteiger partial charge >= 0.3 is 0 Å². The summed E-state index contributed by atoms with van der Waals surface area (Å²) in [6.07, 6.45) is 2.65. The zero-order chi connectivity index (χ0) is 26.5. The second-order valence-corrected chi connectivity index (χ2v) is 12.1. The van der Waals surface area contributed by atoms with Crippen LogP contribution in [0.5, 0.6) is 0 Å². The van der Waals surface area contributed by atoms with E-state index in [1.54, 1.807) is 0 Å². The molecule has 5 aliphatic rings. The van der Waals surface area contributed by atoms with E-state index in [4.69, 9.17) is 28.5 Å². The minimum atomic E-state index is -1.40. The van der Waals surface area contributed by atoms with Gasteiger partial charge in [0, 0.05) is 47.5 Å². The molecule has 13 nitrogen and oxygen atoms in total. The topological polar surface area (TPSA) is 189 Å². The van der Waals surface area contributed by atoms with Crippen molar-refractivity contribution >= 4 is 69.1 Å². The molecule has 2 atom stereocenters. The van der Waals surface area contributed by atoms with Crippen molar-refractivity contribution in [2.24, 2.45) is 16.3 Å². The van der Waals surface area contributed by atoms with E-state index < -0.39 is 29.2 Å². The van der Waals surface area contributed by atoms with E-state index >= 15 is 0 Å². The number of anilines is 1. The minimum Gasteiger partial charge on any atom is -0.543 e. The first kappa shape index (κ1) is 25.8. The first-order valence-corrected chi connectivity index (χ1v) is 13.9. The Bertz CT molecular complexity index is 1220. The number of hydrogen-bond donors (Lipinski definition) is 3. The van der Waals surface area contributed by atoms with Gasteiger partial charge in [0.05, 0.1) is 36.3 Å². The number of carbonyl (C=O) groups excluding carboxylic acids is 3. The highest BCUT2D eigenvalue weighted by Gasteiger charge is 2.55. The number of nitrogens with one attached hydrogen (secondary N) is 1. The highest BCUT2D eigenvalue weighted by molar-refractivity contribution is 8.00. The molecule has 0 radical (unpaired) electrons. The summed E-state index contributed by atoms with van der Waals surface area (Å²) in [4.78, 5) is 48.7. The fourth-order valence-corrected chi connectivity index (χ4v) is 7.76. The highest BCUT2D eigenvalue weighted by atomic mass is 32.2. The van der Waals surface area contributed by atoms with Crippen molar-refractivity contribution in [3.05, 3.63) is 17.1 Å². The number of oxime groups is 1. The molecule has 4 saturated heterocycles. The number of amides is 2. The summed E-state index contributed by atoms with van der Waals surface area (Å²) >= 11 is 7.61. The molecule has 0 aliphatic carbocycles. The first-order valence-electron chi connectivity index (χ1n) is 11.6. The molecule has 0 spiro atoms. The number of nitrogen functional groups attached to an aromatic ring is 1. The predicted octanol–water partition coefficient (Wildman–Crippen LogP) is -1.84. The van der Waals surface area contributed by atoms with Crippen molar-refractivity contribution in [2.75, 3.05) is 44.8 Å². The van der Waals surface area contributed by atoms with Crippen LogP contribution in [0, 0.1) is 5.41 Å². The number of fused-ring (bicyclic) bond motifs is 4. The predicted molar refractivity (Wildman–Crippen MR) is 138 cm³/mol. The second kappa shape index (κ2) is 9.49. The number of β-lactam (4-membered cyclic amide) rings is 1. The number of rotatable bonds is 8. The molecular weight excluding hydrogens is 540 g/mol. The Labute approximate surface area is 226 Å². The van der Waals surface area contributed by atoms with E-state index in [1.807, 2.05) is 0 Å². The molecule has 4 fully saturated rings. The standard InChI is InChI=1S/C21H26N8O5S3/c1-34-26-11(14-25-20(23)37-27-14)15(30)24-12-16(31)28-13(18(32)33)10(9-36-17(12)28)8-29-5-2-21(3-6-29,4-7-29)19(22)35/h12,17H,2-9H2,1H3,(H5-,22,23,24,25,27,30,32,33,35)/b26-11-/t12-,17-,21?,29?/m1/s1. The number of aromatic nitrogens is 2. The van der Waals surface area contributed by atoms with Gasteiger partial charge in [0.1, 0.15) is 25.1 Å². The lowest BCUT2D eigenvalue weighted by Gasteiger charge is -2.56. The third kappa shape index (κ3) is 4.34. The van der Waals surface area contributed by atoms with Gasteiger partial charge in [0.25, 0.3) is 11.8 Å². The van der Waals surface area contributed by atoms with Gasteiger partial charge in [-0.25, -0.2) is 0 Å². The Kier molecular flexibility index (Phi) is 6.62. The van der Waals surface area contributed by atoms with Crippen molar-refractivity contribution in [2.45, 2.75) is 30.7 Å². The summed E-state index contributed by atoms with van der Waals surface area (Å²) in [5.41, 5.74) is 11.9. The number of quaternary nitrogens is 1. The molecule has 0 unspecified atom stereocenters.